The van der Waals surface area contributed by atoms with E-state index in [9.17, 15) is 0 Å². The summed E-state index contributed by atoms with van der Waals surface area (Å²) in [5.41, 5.74) is 6.98. The molecule has 18 heavy (non-hydrogen) atoms. The van der Waals surface area contributed by atoms with Crippen molar-refractivity contribution >= 4 is 5.84 Å². The molecule has 6 nitrogen and oxygen atoms in total. The third-order valence-electron chi connectivity index (χ3n) is 2.97. The first kappa shape index (κ1) is 12.9. The monoisotopic (exact) mass is 250 g/mol. The molecular weight excluding hydrogens is 232 g/mol. The minimum atomic E-state index is -0.129. The van der Waals surface area contributed by atoms with Gasteiger partial charge in [0.1, 0.15) is 11.5 Å². The summed E-state index contributed by atoms with van der Waals surface area (Å²) in [5.74, 6) is -0.0161. The Morgan fingerprint density at radius 3 is 3.22 bits per heavy atom. The first-order chi connectivity index (χ1) is 8.70. The van der Waals surface area contributed by atoms with Crippen LogP contribution in [0.2, 0.25) is 0 Å². The Balaban J connectivity index is 2.07. The number of ether oxygens (including phenoxy) is 1. The zero-order valence-electron chi connectivity index (χ0n) is 10.2. The molecule has 1 saturated heterocycles. The Kier molecular flexibility index (Phi) is 4.24. The average Bonchev–Trinajstić information content (AvgIpc) is 2.39. The smallest absolute Gasteiger partial charge is 0.142 e. The van der Waals surface area contributed by atoms with E-state index in [0.717, 1.165) is 12.1 Å². The van der Waals surface area contributed by atoms with Crippen LogP contribution in [0.5, 0.6) is 0 Å². The van der Waals surface area contributed by atoms with Gasteiger partial charge in [-0.05, 0) is 11.6 Å². The van der Waals surface area contributed by atoms with Gasteiger partial charge in [-0.15, -0.1) is 0 Å². The second-order valence-electron chi connectivity index (χ2n) is 4.34. The number of rotatable bonds is 4. The lowest BCUT2D eigenvalue weighted by molar-refractivity contribution is -0.0551. The Morgan fingerprint density at radius 2 is 2.50 bits per heavy atom. The van der Waals surface area contributed by atoms with Gasteiger partial charge in [-0.3, -0.25) is 15.3 Å². The first-order valence-electron chi connectivity index (χ1n) is 5.94. The minimum Gasteiger partial charge on any atom is -0.394 e. The number of hydrogen-bond acceptors (Lipinski definition) is 5. The maximum atomic E-state index is 9.10. The van der Waals surface area contributed by atoms with E-state index in [4.69, 9.17) is 21.0 Å². The van der Waals surface area contributed by atoms with Gasteiger partial charge in [-0.1, -0.05) is 6.07 Å². The number of aliphatic hydroxyl groups excluding tert-OH is 1. The normalized spacial score (nSPS) is 20.8. The molecule has 1 unspecified atom stereocenters. The van der Waals surface area contributed by atoms with Crippen LogP contribution in [0.3, 0.4) is 0 Å². The summed E-state index contributed by atoms with van der Waals surface area (Å²) in [6, 6.07) is 3.76. The van der Waals surface area contributed by atoms with Gasteiger partial charge in [0, 0.05) is 25.8 Å². The number of aliphatic hydroxyl groups is 1. The molecule has 1 aliphatic rings. The highest BCUT2D eigenvalue weighted by molar-refractivity contribution is 5.94. The summed E-state index contributed by atoms with van der Waals surface area (Å²) in [5, 5.41) is 16.6. The fourth-order valence-electron chi connectivity index (χ4n) is 2.08. The summed E-state index contributed by atoms with van der Waals surface area (Å²) < 4.78 is 5.40. The number of nitrogens with one attached hydrogen (secondary N) is 1. The number of nitrogen functional groups attached to an aromatic ring is 1. The van der Waals surface area contributed by atoms with Crippen LogP contribution in [0.4, 0.5) is 0 Å². The van der Waals surface area contributed by atoms with Crippen molar-refractivity contribution in [3.63, 3.8) is 0 Å². The summed E-state index contributed by atoms with van der Waals surface area (Å²) in [4.78, 5) is 6.30. The predicted octanol–water partition coefficient (Wildman–Crippen LogP) is -0.441. The molecule has 1 aromatic heterocycles. The van der Waals surface area contributed by atoms with Crippen molar-refractivity contribution in [1.82, 2.24) is 9.88 Å². The molecule has 1 atom stereocenters. The number of hydrogen-bond donors (Lipinski definition) is 3. The average molecular weight is 250 g/mol. The van der Waals surface area contributed by atoms with E-state index in [1.807, 2.05) is 12.1 Å². The Bertz CT molecular complexity index is 424. The molecule has 4 N–H and O–H groups in total. The van der Waals surface area contributed by atoms with Gasteiger partial charge >= 0.3 is 0 Å². The number of amidine groups is 1. The van der Waals surface area contributed by atoms with Crippen LogP contribution in [-0.2, 0) is 11.3 Å². The molecule has 1 fully saturated rings. The van der Waals surface area contributed by atoms with Gasteiger partial charge in [0.05, 0.1) is 19.3 Å². The van der Waals surface area contributed by atoms with Crippen LogP contribution in [0.15, 0.2) is 18.3 Å². The van der Waals surface area contributed by atoms with Crippen molar-refractivity contribution in [1.29, 1.82) is 5.41 Å². The maximum absolute atomic E-state index is 9.10. The predicted molar refractivity (Wildman–Crippen MR) is 67.4 cm³/mol. The quantitative estimate of drug-likeness (QED) is 0.497. The molecule has 2 heterocycles. The molecule has 0 aromatic carbocycles. The lowest BCUT2D eigenvalue weighted by atomic mass is 10.1. The van der Waals surface area contributed by atoms with Crippen LogP contribution in [-0.4, -0.2) is 53.2 Å². The number of morpholine rings is 1. The molecule has 1 aromatic rings. The van der Waals surface area contributed by atoms with Crippen LogP contribution >= 0.6 is 0 Å². The molecule has 98 valence electrons. The Hall–Kier alpha value is -1.50. The molecule has 0 amide bonds. The molecular formula is C12H18N4O2. The molecule has 2 rings (SSSR count). The second kappa shape index (κ2) is 5.90. The van der Waals surface area contributed by atoms with Crippen LogP contribution < -0.4 is 5.73 Å². The fourth-order valence-corrected chi connectivity index (χ4v) is 2.08. The lowest BCUT2D eigenvalue weighted by Crippen LogP contribution is -2.43. The molecule has 0 spiro atoms. The summed E-state index contributed by atoms with van der Waals surface area (Å²) in [7, 11) is 0. The lowest BCUT2D eigenvalue weighted by Gasteiger charge is -2.32. The molecule has 0 saturated carbocycles. The molecule has 1 aliphatic heterocycles. The van der Waals surface area contributed by atoms with Crippen LogP contribution in [0.1, 0.15) is 11.3 Å². The SMILES string of the molecule is N=C(N)c1ncccc1CN1CCOC(CO)C1. The second-order valence-corrected chi connectivity index (χ2v) is 4.34. The van der Waals surface area contributed by atoms with Crippen molar-refractivity contribution in [3.8, 4) is 0 Å². The topological polar surface area (TPSA) is 95.5 Å². The maximum Gasteiger partial charge on any atom is 0.142 e. The Morgan fingerprint density at radius 1 is 1.67 bits per heavy atom. The van der Waals surface area contributed by atoms with E-state index >= 15 is 0 Å². The van der Waals surface area contributed by atoms with Crippen molar-refractivity contribution in [2.75, 3.05) is 26.3 Å². The van der Waals surface area contributed by atoms with Crippen LogP contribution in [0, 0.1) is 5.41 Å². The first-order valence-corrected chi connectivity index (χ1v) is 5.94. The summed E-state index contributed by atoms with van der Waals surface area (Å²) in [6.07, 6.45) is 1.51. The van der Waals surface area contributed by atoms with E-state index in [1.54, 1.807) is 6.20 Å². The molecule has 6 heteroatoms. The van der Waals surface area contributed by atoms with Gasteiger partial charge in [0.2, 0.25) is 0 Å². The van der Waals surface area contributed by atoms with Gasteiger partial charge < -0.3 is 15.6 Å². The highest BCUT2D eigenvalue weighted by Gasteiger charge is 2.20. The van der Waals surface area contributed by atoms with Crippen molar-refractivity contribution in [3.05, 3.63) is 29.6 Å². The largest absolute Gasteiger partial charge is 0.394 e. The molecule has 0 radical (unpaired) electrons. The van der Waals surface area contributed by atoms with E-state index in [0.29, 0.717) is 25.4 Å². The third-order valence-corrected chi connectivity index (χ3v) is 2.97. The zero-order chi connectivity index (χ0) is 13.0. The third kappa shape index (κ3) is 3.04. The van der Waals surface area contributed by atoms with E-state index in [1.165, 1.54) is 0 Å². The van der Waals surface area contributed by atoms with Gasteiger partial charge in [-0.25, -0.2) is 0 Å². The van der Waals surface area contributed by atoms with E-state index < -0.39 is 0 Å². The fraction of sp³-hybridized carbons (Fsp3) is 0.500. The minimum absolute atomic E-state index is 0.0161. The van der Waals surface area contributed by atoms with Crippen molar-refractivity contribution in [2.24, 2.45) is 5.73 Å². The van der Waals surface area contributed by atoms with Gasteiger partial charge in [0.15, 0.2) is 0 Å². The number of aromatic nitrogens is 1. The summed E-state index contributed by atoms with van der Waals surface area (Å²) in [6.45, 7) is 2.80. The standard InChI is InChI=1S/C12H18N4O2/c13-12(14)11-9(2-1-3-15-11)6-16-4-5-18-10(7-16)8-17/h1-3,10,17H,4-8H2,(H3,13,14). The van der Waals surface area contributed by atoms with Gasteiger partial charge in [0.25, 0.3) is 0 Å². The van der Waals surface area contributed by atoms with E-state index in [-0.39, 0.29) is 18.5 Å². The highest BCUT2D eigenvalue weighted by atomic mass is 16.5. The molecule has 0 bridgehead atoms. The molecule has 0 aliphatic carbocycles. The summed E-state index contributed by atoms with van der Waals surface area (Å²) >= 11 is 0. The highest BCUT2D eigenvalue weighted by Crippen LogP contribution is 2.12. The Labute approximate surface area is 106 Å². The number of pyridine rings is 1. The zero-order valence-corrected chi connectivity index (χ0v) is 10.2. The van der Waals surface area contributed by atoms with Crippen molar-refractivity contribution < 1.29 is 9.84 Å². The van der Waals surface area contributed by atoms with Crippen LogP contribution in [0.25, 0.3) is 0 Å². The number of nitrogens with zero attached hydrogens (tertiary/aromatic N) is 2. The van der Waals surface area contributed by atoms with Gasteiger partial charge in [-0.2, -0.15) is 0 Å². The van der Waals surface area contributed by atoms with E-state index in [2.05, 4.69) is 9.88 Å². The number of nitrogens with two attached hydrogens (primary N) is 1. The van der Waals surface area contributed by atoms with Crippen molar-refractivity contribution in [2.45, 2.75) is 12.6 Å².